The van der Waals surface area contributed by atoms with Crippen LogP contribution in [0, 0.1) is 5.82 Å². The van der Waals surface area contributed by atoms with E-state index in [-0.39, 0.29) is 36.9 Å². The maximum atomic E-state index is 14.7. The molecule has 0 unspecified atom stereocenters. The molecular weight excluding hydrogens is 447 g/mol. The molecule has 0 bridgehead atoms. The summed E-state index contributed by atoms with van der Waals surface area (Å²) in [5, 5.41) is 0. The fraction of sp³-hybridized carbons (Fsp3) is 0.545. The number of alkyl halides is 4. The van der Waals surface area contributed by atoms with Crippen LogP contribution in [-0.4, -0.2) is 46.3 Å². The first kappa shape index (κ1) is 22.3. The largest absolute Gasteiger partial charge is 0.461 e. The summed E-state index contributed by atoms with van der Waals surface area (Å²) in [4.78, 5) is 10.6. The number of anilines is 1. The maximum absolute atomic E-state index is 14.7. The first-order chi connectivity index (χ1) is 15.7. The van der Waals surface area contributed by atoms with Gasteiger partial charge in [0.2, 0.25) is 0 Å². The van der Waals surface area contributed by atoms with E-state index < -0.39 is 35.4 Å². The van der Waals surface area contributed by atoms with Crippen molar-refractivity contribution < 1.29 is 31.4 Å². The highest BCUT2D eigenvalue weighted by molar-refractivity contribution is 5.49. The number of hydrogen-bond acceptors (Lipinski definition) is 6. The molecule has 3 aliphatic rings. The smallest absolute Gasteiger partial charge is 0.416 e. The van der Waals surface area contributed by atoms with Crippen LogP contribution in [0.1, 0.15) is 47.8 Å². The number of nitrogens with zero attached hydrogens (tertiary/aromatic N) is 3. The highest BCUT2D eigenvalue weighted by Gasteiger charge is 2.49. The molecule has 11 heteroatoms. The van der Waals surface area contributed by atoms with Gasteiger partial charge in [-0.2, -0.15) is 18.2 Å². The molecule has 3 aliphatic heterocycles. The minimum absolute atomic E-state index is 0.0574. The molecule has 0 aliphatic carbocycles. The molecule has 2 aromatic rings. The predicted octanol–water partition coefficient (Wildman–Crippen LogP) is 3.99. The minimum Gasteiger partial charge on any atom is -0.461 e. The Morgan fingerprint density at radius 1 is 1.30 bits per heavy atom. The van der Waals surface area contributed by atoms with Crippen LogP contribution in [0.5, 0.6) is 6.01 Å². The highest BCUT2D eigenvalue weighted by atomic mass is 19.4. The quantitative estimate of drug-likeness (QED) is 0.538. The second-order valence-electron chi connectivity index (χ2n) is 8.92. The van der Waals surface area contributed by atoms with E-state index in [0.29, 0.717) is 24.2 Å². The molecule has 6 nitrogen and oxygen atoms in total. The number of nitrogen functional groups attached to an aromatic ring is 1. The molecule has 178 valence electrons. The van der Waals surface area contributed by atoms with Crippen LogP contribution >= 0.6 is 0 Å². The Morgan fingerprint density at radius 2 is 2.12 bits per heavy atom. The molecule has 2 N–H and O–H groups in total. The summed E-state index contributed by atoms with van der Waals surface area (Å²) in [6.45, 7) is 1.36. The number of ether oxygens (including phenoxy) is 2. The molecule has 0 spiro atoms. The SMILES string of the molecule is Nc1ccc(C(F)(F)F)c([C@@H]2Cc3nc(OC[C@@]45CCCN4C[C@H](F)C5)ncc3CO2)c1F. The van der Waals surface area contributed by atoms with Gasteiger partial charge in [0, 0.05) is 36.7 Å². The summed E-state index contributed by atoms with van der Waals surface area (Å²) < 4.78 is 80.6. The van der Waals surface area contributed by atoms with Gasteiger partial charge in [0.25, 0.3) is 0 Å². The fourth-order valence-corrected chi connectivity index (χ4v) is 5.22. The standard InChI is InChI=1S/C22H23F5N4O2/c23-13-7-21(4-1-5-31(21)9-13)11-33-20-29-8-12-10-32-17(6-16(12)30-20)18-14(22(25,26)27)2-3-15(28)19(18)24/h2-3,8,13,17H,1,4-7,9-11,28H2/t13-,17+,21+/m1/s1. The van der Waals surface area contributed by atoms with Crippen LogP contribution in [0.25, 0.3) is 0 Å². The summed E-state index contributed by atoms with van der Waals surface area (Å²) in [5.74, 6) is -1.15. The monoisotopic (exact) mass is 470 g/mol. The molecule has 2 saturated heterocycles. The van der Waals surface area contributed by atoms with Crippen molar-refractivity contribution in [3.05, 3.63) is 46.5 Å². The summed E-state index contributed by atoms with van der Waals surface area (Å²) in [6.07, 6.45) is -3.31. The first-order valence-electron chi connectivity index (χ1n) is 10.8. The third-order valence-corrected chi connectivity index (χ3v) is 6.82. The Balaban J connectivity index is 1.37. The Morgan fingerprint density at radius 3 is 2.91 bits per heavy atom. The van der Waals surface area contributed by atoms with E-state index in [9.17, 15) is 22.0 Å². The van der Waals surface area contributed by atoms with Crippen LogP contribution in [0.15, 0.2) is 18.3 Å². The predicted molar refractivity (Wildman–Crippen MR) is 108 cm³/mol. The molecule has 1 aromatic carbocycles. The third kappa shape index (κ3) is 4.01. The molecule has 3 atom stereocenters. The van der Waals surface area contributed by atoms with Crippen molar-refractivity contribution in [3.63, 3.8) is 0 Å². The Labute approximate surface area is 186 Å². The normalized spacial score (nSPS) is 27.4. The van der Waals surface area contributed by atoms with Crippen LogP contribution in [0.3, 0.4) is 0 Å². The van der Waals surface area contributed by atoms with Gasteiger partial charge in [-0.3, -0.25) is 4.90 Å². The summed E-state index contributed by atoms with van der Waals surface area (Å²) in [5.41, 5.74) is 4.01. The molecule has 0 radical (unpaired) electrons. The van der Waals surface area contributed by atoms with Crippen molar-refractivity contribution >= 4 is 5.69 Å². The lowest BCUT2D eigenvalue weighted by molar-refractivity contribution is -0.140. The van der Waals surface area contributed by atoms with Crippen LogP contribution in [0.4, 0.5) is 27.6 Å². The zero-order chi connectivity index (χ0) is 23.4. The number of rotatable bonds is 4. The van der Waals surface area contributed by atoms with Crippen molar-refractivity contribution in [2.75, 3.05) is 25.4 Å². The first-order valence-corrected chi connectivity index (χ1v) is 10.8. The number of benzene rings is 1. The van der Waals surface area contributed by atoms with Crippen molar-refractivity contribution in [1.82, 2.24) is 14.9 Å². The summed E-state index contributed by atoms with van der Waals surface area (Å²) in [6, 6.07) is 1.71. The molecule has 1 aromatic heterocycles. The van der Waals surface area contributed by atoms with E-state index in [1.807, 2.05) is 0 Å². The zero-order valence-corrected chi connectivity index (χ0v) is 17.7. The van der Waals surface area contributed by atoms with Gasteiger partial charge in [0.1, 0.15) is 12.8 Å². The van der Waals surface area contributed by atoms with Gasteiger partial charge in [-0.05, 0) is 31.5 Å². The lowest BCUT2D eigenvalue weighted by Gasteiger charge is -2.31. The highest BCUT2D eigenvalue weighted by Crippen LogP contribution is 2.42. The van der Waals surface area contributed by atoms with E-state index >= 15 is 0 Å². The van der Waals surface area contributed by atoms with Gasteiger partial charge < -0.3 is 15.2 Å². The average molecular weight is 470 g/mol. The molecular formula is C22H23F5N4O2. The van der Waals surface area contributed by atoms with Crippen molar-refractivity contribution in [2.24, 2.45) is 0 Å². The van der Waals surface area contributed by atoms with E-state index in [0.717, 1.165) is 31.5 Å². The van der Waals surface area contributed by atoms with Crippen LogP contribution < -0.4 is 10.5 Å². The molecule has 5 rings (SSSR count). The van der Waals surface area contributed by atoms with Crippen LogP contribution in [-0.2, 0) is 23.9 Å². The molecule has 33 heavy (non-hydrogen) atoms. The molecule has 4 heterocycles. The van der Waals surface area contributed by atoms with Gasteiger partial charge in [0.15, 0.2) is 5.82 Å². The number of halogens is 5. The zero-order valence-electron chi connectivity index (χ0n) is 17.7. The molecule has 2 fully saturated rings. The lowest BCUT2D eigenvalue weighted by Crippen LogP contribution is -2.43. The van der Waals surface area contributed by atoms with E-state index in [4.69, 9.17) is 15.2 Å². The van der Waals surface area contributed by atoms with Gasteiger partial charge in [-0.1, -0.05) is 0 Å². The summed E-state index contributed by atoms with van der Waals surface area (Å²) in [7, 11) is 0. The number of fused-ring (bicyclic) bond motifs is 2. The maximum Gasteiger partial charge on any atom is 0.416 e. The Hall–Kier alpha value is -2.53. The van der Waals surface area contributed by atoms with Gasteiger partial charge >= 0.3 is 12.2 Å². The number of aromatic nitrogens is 2. The van der Waals surface area contributed by atoms with Crippen molar-refractivity contribution in [2.45, 2.75) is 56.3 Å². The van der Waals surface area contributed by atoms with E-state index in [2.05, 4.69) is 14.9 Å². The van der Waals surface area contributed by atoms with Crippen molar-refractivity contribution in [1.29, 1.82) is 0 Å². The van der Waals surface area contributed by atoms with E-state index in [1.54, 1.807) is 0 Å². The van der Waals surface area contributed by atoms with Gasteiger partial charge in [-0.15, -0.1) is 0 Å². The number of hydrogen-bond donors (Lipinski definition) is 1. The molecule has 0 amide bonds. The van der Waals surface area contributed by atoms with E-state index in [1.165, 1.54) is 6.20 Å². The average Bonchev–Trinajstić information content (AvgIpc) is 3.28. The second-order valence-corrected chi connectivity index (χ2v) is 8.92. The van der Waals surface area contributed by atoms with Gasteiger partial charge in [0.05, 0.1) is 35.2 Å². The topological polar surface area (TPSA) is 73.5 Å². The number of nitrogens with two attached hydrogens (primary N) is 1. The lowest BCUT2D eigenvalue weighted by atomic mass is 9.94. The van der Waals surface area contributed by atoms with Crippen LogP contribution in [0.2, 0.25) is 0 Å². The third-order valence-electron chi connectivity index (χ3n) is 6.82. The molecule has 0 saturated carbocycles. The minimum atomic E-state index is -4.77. The Kier molecular flexibility index (Phi) is 5.43. The van der Waals surface area contributed by atoms with Crippen molar-refractivity contribution in [3.8, 4) is 6.01 Å². The fourth-order valence-electron chi connectivity index (χ4n) is 5.22. The summed E-state index contributed by atoms with van der Waals surface area (Å²) >= 11 is 0. The van der Waals surface area contributed by atoms with Gasteiger partial charge in [-0.25, -0.2) is 13.8 Å². The Bertz CT molecular complexity index is 1070. The second kappa shape index (κ2) is 8.05.